The van der Waals surface area contributed by atoms with Crippen LogP contribution in [0.1, 0.15) is 5.56 Å². The molecule has 70 valence electrons. The van der Waals surface area contributed by atoms with Gasteiger partial charge in [-0.2, -0.15) is 0 Å². The van der Waals surface area contributed by atoms with Crippen LogP contribution >= 0.6 is 22.6 Å². The lowest BCUT2D eigenvalue weighted by molar-refractivity contribution is 0.961. The van der Waals surface area contributed by atoms with Crippen LogP contribution in [-0.4, -0.2) is 12.5 Å². The molecule has 0 aliphatic rings. The number of hydrogen-bond donors (Lipinski definition) is 2. The largest absolute Gasteiger partial charge is 0.370 e. The van der Waals surface area contributed by atoms with E-state index >= 15 is 0 Å². The molecule has 0 saturated carbocycles. The van der Waals surface area contributed by atoms with Crippen molar-refractivity contribution in [1.29, 1.82) is 0 Å². The summed E-state index contributed by atoms with van der Waals surface area (Å²) in [7, 11) is 0. The van der Waals surface area contributed by atoms with E-state index in [4.69, 9.17) is 11.5 Å². The van der Waals surface area contributed by atoms with Crippen molar-refractivity contribution in [3.63, 3.8) is 0 Å². The van der Waals surface area contributed by atoms with E-state index in [0.29, 0.717) is 6.54 Å². The Bertz CT molecular complexity index is 305. The van der Waals surface area contributed by atoms with Gasteiger partial charge < -0.3 is 11.5 Å². The third-order valence-corrected chi connectivity index (χ3v) is 2.25. The van der Waals surface area contributed by atoms with Gasteiger partial charge in [-0.3, -0.25) is 4.99 Å². The molecule has 0 atom stereocenters. The smallest absolute Gasteiger partial charge is 0.185 e. The van der Waals surface area contributed by atoms with E-state index in [-0.39, 0.29) is 5.96 Å². The van der Waals surface area contributed by atoms with Crippen molar-refractivity contribution >= 4 is 28.6 Å². The maximum absolute atomic E-state index is 5.21. The summed E-state index contributed by atoms with van der Waals surface area (Å²) in [5.74, 6) is 0.158. The zero-order valence-corrected chi connectivity index (χ0v) is 9.36. The van der Waals surface area contributed by atoms with Gasteiger partial charge in [0.1, 0.15) is 0 Å². The molecule has 1 rings (SSSR count). The van der Waals surface area contributed by atoms with Crippen LogP contribution in [0, 0.1) is 3.57 Å². The quantitative estimate of drug-likeness (QED) is 0.497. The fourth-order valence-corrected chi connectivity index (χ4v) is 1.61. The molecule has 0 spiro atoms. The number of benzene rings is 1. The van der Waals surface area contributed by atoms with E-state index in [1.807, 2.05) is 6.07 Å². The van der Waals surface area contributed by atoms with E-state index < -0.39 is 0 Å². The Kier molecular flexibility index (Phi) is 4.01. The lowest BCUT2D eigenvalue weighted by Crippen LogP contribution is -2.23. The fourth-order valence-electron chi connectivity index (χ4n) is 1.01. The summed E-state index contributed by atoms with van der Waals surface area (Å²) in [5, 5.41) is 0. The van der Waals surface area contributed by atoms with Gasteiger partial charge in [0, 0.05) is 10.1 Å². The molecule has 4 N–H and O–H groups in total. The maximum atomic E-state index is 5.21. The SMILES string of the molecule is NC(N)=NCCc1cccc(I)c1. The number of nitrogens with zero attached hydrogens (tertiary/aromatic N) is 1. The Balaban J connectivity index is 2.50. The summed E-state index contributed by atoms with van der Waals surface area (Å²) in [6.07, 6.45) is 0.884. The second-order valence-electron chi connectivity index (χ2n) is 2.69. The standard InChI is InChI=1S/C9H12IN3/c10-8-3-1-2-7(6-8)4-5-13-9(11)12/h1-3,6H,4-5H2,(H4,11,12,13). The van der Waals surface area contributed by atoms with Crippen molar-refractivity contribution in [2.75, 3.05) is 6.54 Å². The first-order valence-corrected chi connectivity index (χ1v) is 5.06. The van der Waals surface area contributed by atoms with Gasteiger partial charge in [0.2, 0.25) is 0 Å². The number of rotatable bonds is 3. The predicted molar refractivity (Wildman–Crippen MR) is 63.5 cm³/mol. The summed E-state index contributed by atoms with van der Waals surface area (Å²) >= 11 is 2.29. The highest BCUT2D eigenvalue weighted by molar-refractivity contribution is 14.1. The lowest BCUT2D eigenvalue weighted by atomic mass is 10.2. The minimum atomic E-state index is 0.158. The number of aliphatic imine (C=N–C) groups is 1. The van der Waals surface area contributed by atoms with Crippen LogP contribution < -0.4 is 11.5 Å². The molecule has 1 aromatic rings. The van der Waals surface area contributed by atoms with Crippen molar-refractivity contribution in [3.8, 4) is 0 Å². The fraction of sp³-hybridized carbons (Fsp3) is 0.222. The summed E-state index contributed by atoms with van der Waals surface area (Å²) in [4.78, 5) is 3.92. The molecule has 0 unspecified atom stereocenters. The van der Waals surface area contributed by atoms with E-state index in [2.05, 4.69) is 45.8 Å². The average Bonchev–Trinajstić information content (AvgIpc) is 2.03. The Hall–Kier alpha value is -0.780. The van der Waals surface area contributed by atoms with Crippen molar-refractivity contribution in [2.24, 2.45) is 16.5 Å². The number of nitrogens with two attached hydrogens (primary N) is 2. The lowest BCUT2D eigenvalue weighted by Gasteiger charge is -1.98. The zero-order chi connectivity index (χ0) is 9.68. The molecule has 1 aromatic carbocycles. The van der Waals surface area contributed by atoms with Crippen LogP contribution in [0.4, 0.5) is 0 Å². The third-order valence-electron chi connectivity index (χ3n) is 1.58. The Morgan fingerprint density at radius 2 is 2.15 bits per heavy atom. The Morgan fingerprint density at radius 1 is 1.38 bits per heavy atom. The van der Waals surface area contributed by atoms with Gasteiger partial charge in [0.25, 0.3) is 0 Å². The molecule has 0 amide bonds. The van der Waals surface area contributed by atoms with Gasteiger partial charge in [-0.15, -0.1) is 0 Å². The molecule has 0 heterocycles. The van der Waals surface area contributed by atoms with Gasteiger partial charge >= 0.3 is 0 Å². The minimum absolute atomic E-state index is 0.158. The molecular weight excluding hydrogens is 277 g/mol. The predicted octanol–water partition coefficient (Wildman–Crippen LogP) is 1.11. The molecule has 0 fully saturated rings. The van der Waals surface area contributed by atoms with Crippen LogP contribution in [-0.2, 0) is 6.42 Å². The molecule has 4 heteroatoms. The second-order valence-corrected chi connectivity index (χ2v) is 3.93. The number of halogens is 1. The second kappa shape index (κ2) is 5.06. The van der Waals surface area contributed by atoms with Crippen LogP contribution in [0.5, 0.6) is 0 Å². The molecule has 0 bridgehead atoms. The van der Waals surface area contributed by atoms with Crippen molar-refractivity contribution in [3.05, 3.63) is 33.4 Å². The minimum Gasteiger partial charge on any atom is -0.370 e. The Morgan fingerprint density at radius 3 is 2.77 bits per heavy atom. The van der Waals surface area contributed by atoms with Crippen LogP contribution in [0.2, 0.25) is 0 Å². The first-order valence-electron chi connectivity index (χ1n) is 3.98. The van der Waals surface area contributed by atoms with E-state index in [0.717, 1.165) is 6.42 Å². The van der Waals surface area contributed by atoms with Crippen molar-refractivity contribution in [1.82, 2.24) is 0 Å². The highest BCUT2D eigenvalue weighted by Gasteiger charge is 1.92. The van der Waals surface area contributed by atoms with Gasteiger partial charge in [-0.1, -0.05) is 12.1 Å². The van der Waals surface area contributed by atoms with Gasteiger partial charge in [-0.25, -0.2) is 0 Å². The topological polar surface area (TPSA) is 64.4 Å². The normalized spacial score (nSPS) is 9.62. The average molecular weight is 289 g/mol. The maximum Gasteiger partial charge on any atom is 0.185 e. The molecule has 0 aliphatic carbocycles. The monoisotopic (exact) mass is 289 g/mol. The van der Waals surface area contributed by atoms with Crippen LogP contribution in [0.15, 0.2) is 29.3 Å². The van der Waals surface area contributed by atoms with Gasteiger partial charge in [0.05, 0.1) is 0 Å². The van der Waals surface area contributed by atoms with Crippen molar-refractivity contribution < 1.29 is 0 Å². The summed E-state index contributed by atoms with van der Waals surface area (Å²) in [6.45, 7) is 0.655. The molecule has 0 radical (unpaired) electrons. The van der Waals surface area contributed by atoms with Crippen LogP contribution in [0.25, 0.3) is 0 Å². The molecule has 0 aromatic heterocycles. The highest BCUT2D eigenvalue weighted by atomic mass is 127. The van der Waals surface area contributed by atoms with E-state index in [1.54, 1.807) is 0 Å². The van der Waals surface area contributed by atoms with Gasteiger partial charge in [0.15, 0.2) is 5.96 Å². The first-order chi connectivity index (χ1) is 6.18. The zero-order valence-electron chi connectivity index (χ0n) is 7.20. The summed E-state index contributed by atoms with van der Waals surface area (Å²) in [5.41, 5.74) is 11.7. The molecular formula is C9H12IN3. The van der Waals surface area contributed by atoms with E-state index in [9.17, 15) is 0 Å². The first kappa shape index (κ1) is 10.3. The van der Waals surface area contributed by atoms with E-state index in [1.165, 1.54) is 9.13 Å². The van der Waals surface area contributed by atoms with Crippen LogP contribution in [0.3, 0.4) is 0 Å². The molecule has 13 heavy (non-hydrogen) atoms. The summed E-state index contributed by atoms with van der Waals surface area (Å²) in [6, 6.07) is 8.30. The molecule has 3 nitrogen and oxygen atoms in total. The molecule has 0 aliphatic heterocycles. The third kappa shape index (κ3) is 4.12. The Labute approximate surface area is 91.4 Å². The van der Waals surface area contributed by atoms with Crippen molar-refractivity contribution in [2.45, 2.75) is 6.42 Å². The van der Waals surface area contributed by atoms with Gasteiger partial charge in [-0.05, 0) is 46.7 Å². The number of guanidine groups is 1. The number of hydrogen-bond acceptors (Lipinski definition) is 1. The highest BCUT2D eigenvalue weighted by Crippen LogP contribution is 2.08. The summed E-state index contributed by atoms with van der Waals surface area (Å²) < 4.78 is 1.24. The molecule has 0 saturated heterocycles.